The summed E-state index contributed by atoms with van der Waals surface area (Å²) in [6, 6.07) is 13.9. The van der Waals surface area contributed by atoms with Crippen LogP contribution in [0.25, 0.3) is 0 Å². The number of anilines is 1. The lowest BCUT2D eigenvalue weighted by Crippen LogP contribution is -2.20. The molecule has 3 rings (SSSR count). The van der Waals surface area contributed by atoms with Gasteiger partial charge in [0, 0.05) is 17.3 Å². The first-order chi connectivity index (χ1) is 12.6. The van der Waals surface area contributed by atoms with Crippen LogP contribution in [0, 0.1) is 0 Å². The van der Waals surface area contributed by atoms with Crippen LogP contribution in [0.3, 0.4) is 0 Å². The Balaban J connectivity index is 1.59. The van der Waals surface area contributed by atoms with Crippen molar-refractivity contribution in [1.82, 2.24) is 0 Å². The van der Waals surface area contributed by atoms with E-state index in [0.29, 0.717) is 17.0 Å². The average molecular weight is 354 g/mol. The first-order valence-corrected chi connectivity index (χ1v) is 8.69. The molecule has 0 saturated heterocycles. The maximum atomic E-state index is 12.4. The van der Waals surface area contributed by atoms with Gasteiger partial charge >= 0.3 is 0 Å². The minimum Gasteiger partial charge on any atom is -0.490 e. The fourth-order valence-corrected chi connectivity index (χ4v) is 2.91. The summed E-state index contributed by atoms with van der Waals surface area (Å²) in [6.45, 7) is -0.195. The Labute approximate surface area is 152 Å². The molecular weight excluding hydrogens is 332 g/mol. The first kappa shape index (κ1) is 17.8. The van der Waals surface area contributed by atoms with Gasteiger partial charge in [-0.05, 0) is 62.1 Å². The highest BCUT2D eigenvalue weighted by Crippen LogP contribution is 2.26. The molecule has 0 heterocycles. The smallest absolute Gasteiger partial charge is 0.255 e. The number of benzene rings is 2. The van der Waals surface area contributed by atoms with E-state index in [2.05, 4.69) is 5.32 Å². The molecule has 0 spiro atoms. The van der Waals surface area contributed by atoms with Gasteiger partial charge in [-0.25, -0.2) is 0 Å². The van der Waals surface area contributed by atoms with E-state index < -0.39 is 5.91 Å². The molecule has 136 valence electrons. The number of carbonyl (C=O) groups excluding carboxylic acids is 2. The zero-order chi connectivity index (χ0) is 18.4. The molecule has 3 N–H and O–H groups in total. The number of rotatable bonds is 7. The van der Waals surface area contributed by atoms with Gasteiger partial charge in [0.25, 0.3) is 11.8 Å². The quantitative estimate of drug-likeness (QED) is 0.799. The van der Waals surface area contributed by atoms with Crippen LogP contribution in [0.1, 0.15) is 36.0 Å². The molecule has 1 aliphatic carbocycles. The molecule has 1 fully saturated rings. The highest BCUT2D eigenvalue weighted by molar-refractivity contribution is 6.04. The van der Waals surface area contributed by atoms with Crippen LogP contribution in [0.15, 0.2) is 48.5 Å². The molecule has 0 unspecified atom stereocenters. The van der Waals surface area contributed by atoms with Gasteiger partial charge in [0.05, 0.1) is 6.10 Å². The van der Waals surface area contributed by atoms with Crippen LogP contribution < -0.4 is 20.5 Å². The number of nitrogens with two attached hydrogens (primary N) is 1. The molecular formula is C20H22N2O4. The Morgan fingerprint density at radius 3 is 2.46 bits per heavy atom. The molecule has 1 aliphatic rings. The molecule has 0 bridgehead atoms. The monoisotopic (exact) mass is 354 g/mol. The number of primary amides is 1. The highest BCUT2D eigenvalue weighted by Gasteiger charge is 2.16. The maximum absolute atomic E-state index is 12.4. The van der Waals surface area contributed by atoms with E-state index in [1.54, 1.807) is 24.3 Å². The standard InChI is InChI=1S/C20H22N2O4/c21-19(23)13-25-16-10-8-14(9-11-16)20(24)22-15-4-3-7-18(12-15)26-17-5-1-2-6-17/h3-4,7-12,17H,1-2,5-6,13H2,(H2,21,23)(H,22,24). The Hall–Kier alpha value is -3.02. The minimum atomic E-state index is -0.550. The molecule has 6 heteroatoms. The van der Waals surface area contributed by atoms with E-state index in [-0.39, 0.29) is 18.6 Å². The van der Waals surface area contributed by atoms with E-state index in [0.717, 1.165) is 18.6 Å². The van der Waals surface area contributed by atoms with Gasteiger partial charge in [-0.1, -0.05) is 6.07 Å². The third-order valence-corrected chi connectivity index (χ3v) is 4.19. The van der Waals surface area contributed by atoms with Crippen molar-refractivity contribution in [3.63, 3.8) is 0 Å². The van der Waals surface area contributed by atoms with Gasteiger partial charge in [0.1, 0.15) is 11.5 Å². The van der Waals surface area contributed by atoms with E-state index in [4.69, 9.17) is 15.2 Å². The van der Waals surface area contributed by atoms with E-state index in [1.807, 2.05) is 24.3 Å². The number of nitrogens with one attached hydrogen (secondary N) is 1. The Kier molecular flexibility index (Phi) is 5.73. The highest BCUT2D eigenvalue weighted by atomic mass is 16.5. The third-order valence-electron chi connectivity index (χ3n) is 4.19. The predicted octanol–water partition coefficient (Wildman–Crippen LogP) is 3.12. The van der Waals surface area contributed by atoms with Crippen LogP contribution in [0.5, 0.6) is 11.5 Å². The predicted molar refractivity (Wildman–Crippen MR) is 98.4 cm³/mol. The lowest BCUT2D eigenvalue weighted by Gasteiger charge is -2.14. The second kappa shape index (κ2) is 8.38. The SMILES string of the molecule is NC(=O)COc1ccc(C(=O)Nc2cccc(OC3CCCC3)c2)cc1. The van der Waals surface area contributed by atoms with Gasteiger partial charge in [-0.3, -0.25) is 9.59 Å². The van der Waals surface area contributed by atoms with Crippen molar-refractivity contribution in [2.45, 2.75) is 31.8 Å². The van der Waals surface area contributed by atoms with Crippen LogP contribution in [-0.2, 0) is 4.79 Å². The lowest BCUT2D eigenvalue weighted by atomic mass is 10.2. The van der Waals surface area contributed by atoms with Crippen molar-refractivity contribution in [3.05, 3.63) is 54.1 Å². The van der Waals surface area contributed by atoms with Crippen LogP contribution >= 0.6 is 0 Å². The lowest BCUT2D eigenvalue weighted by molar-refractivity contribution is -0.119. The zero-order valence-corrected chi connectivity index (χ0v) is 14.4. The summed E-state index contributed by atoms with van der Waals surface area (Å²) in [5, 5.41) is 2.86. The van der Waals surface area contributed by atoms with Crippen LogP contribution in [0.4, 0.5) is 5.69 Å². The molecule has 0 atom stereocenters. The molecule has 2 amide bonds. The fourth-order valence-electron chi connectivity index (χ4n) is 2.91. The third kappa shape index (κ3) is 4.99. The maximum Gasteiger partial charge on any atom is 0.255 e. The van der Waals surface area contributed by atoms with Gasteiger partial charge in [-0.15, -0.1) is 0 Å². The van der Waals surface area contributed by atoms with E-state index in [1.165, 1.54) is 12.8 Å². The first-order valence-electron chi connectivity index (χ1n) is 8.69. The minimum absolute atomic E-state index is 0.195. The van der Waals surface area contributed by atoms with Crippen LogP contribution in [-0.4, -0.2) is 24.5 Å². The molecule has 0 radical (unpaired) electrons. The number of hydrogen-bond acceptors (Lipinski definition) is 4. The van der Waals surface area contributed by atoms with E-state index >= 15 is 0 Å². The zero-order valence-electron chi connectivity index (χ0n) is 14.4. The van der Waals surface area contributed by atoms with Crippen molar-refractivity contribution < 1.29 is 19.1 Å². The summed E-state index contributed by atoms with van der Waals surface area (Å²) in [5.41, 5.74) is 6.19. The molecule has 1 saturated carbocycles. The van der Waals surface area contributed by atoms with Crippen molar-refractivity contribution >= 4 is 17.5 Å². The summed E-state index contributed by atoms with van der Waals surface area (Å²) < 4.78 is 11.1. The van der Waals surface area contributed by atoms with Gasteiger partial charge < -0.3 is 20.5 Å². The molecule has 2 aromatic carbocycles. The summed E-state index contributed by atoms with van der Waals surface area (Å²) >= 11 is 0. The van der Waals surface area contributed by atoms with Crippen molar-refractivity contribution in [2.75, 3.05) is 11.9 Å². The summed E-state index contributed by atoms with van der Waals surface area (Å²) in [4.78, 5) is 23.1. The Morgan fingerprint density at radius 1 is 1.04 bits per heavy atom. The molecule has 0 aliphatic heterocycles. The average Bonchev–Trinajstić information content (AvgIpc) is 3.13. The van der Waals surface area contributed by atoms with Crippen molar-refractivity contribution in [1.29, 1.82) is 0 Å². The molecule has 26 heavy (non-hydrogen) atoms. The summed E-state index contributed by atoms with van der Waals surface area (Å²) in [7, 11) is 0. The topological polar surface area (TPSA) is 90.7 Å². The van der Waals surface area contributed by atoms with Gasteiger partial charge in [0.15, 0.2) is 6.61 Å². The van der Waals surface area contributed by atoms with Crippen LogP contribution in [0.2, 0.25) is 0 Å². The van der Waals surface area contributed by atoms with Gasteiger partial charge in [-0.2, -0.15) is 0 Å². The van der Waals surface area contributed by atoms with Crippen molar-refractivity contribution in [2.24, 2.45) is 5.73 Å². The normalized spacial score (nSPS) is 14.0. The molecule has 6 nitrogen and oxygen atoms in total. The van der Waals surface area contributed by atoms with Gasteiger partial charge in [0.2, 0.25) is 0 Å². The van der Waals surface area contributed by atoms with E-state index in [9.17, 15) is 9.59 Å². The number of amides is 2. The summed E-state index contributed by atoms with van der Waals surface area (Å²) in [5.74, 6) is 0.466. The molecule has 2 aromatic rings. The second-order valence-electron chi connectivity index (χ2n) is 6.29. The Morgan fingerprint density at radius 2 is 1.77 bits per heavy atom. The second-order valence-corrected chi connectivity index (χ2v) is 6.29. The number of ether oxygens (including phenoxy) is 2. The summed E-state index contributed by atoms with van der Waals surface area (Å²) in [6.07, 6.45) is 4.86. The largest absolute Gasteiger partial charge is 0.490 e. The van der Waals surface area contributed by atoms with Crippen molar-refractivity contribution in [3.8, 4) is 11.5 Å². The number of hydrogen-bond donors (Lipinski definition) is 2. The number of carbonyl (C=O) groups is 2. The molecule has 0 aromatic heterocycles. The Bertz CT molecular complexity index is 768. The fraction of sp³-hybridized carbons (Fsp3) is 0.300.